The van der Waals surface area contributed by atoms with Crippen LogP contribution in [-0.2, 0) is 4.79 Å². The van der Waals surface area contributed by atoms with Crippen LogP contribution in [0.4, 0.5) is 15.8 Å². The summed E-state index contributed by atoms with van der Waals surface area (Å²) in [6.07, 6.45) is 0.724. The maximum absolute atomic E-state index is 12.8. The number of nitrogens with one attached hydrogen (secondary N) is 1. The first-order valence-corrected chi connectivity index (χ1v) is 5.93. The van der Waals surface area contributed by atoms with Gasteiger partial charge in [0.15, 0.2) is 0 Å². The van der Waals surface area contributed by atoms with Crippen molar-refractivity contribution in [3.63, 3.8) is 0 Å². The van der Waals surface area contributed by atoms with Gasteiger partial charge in [-0.25, -0.2) is 4.39 Å². The van der Waals surface area contributed by atoms with Crippen molar-refractivity contribution in [3.05, 3.63) is 24.0 Å². The number of hydrogen-bond donors (Lipinski definition) is 2. The van der Waals surface area contributed by atoms with Gasteiger partial charge in [-0.15, -0.1) is 0 Å². The first-order valence-electron chi connectivity index (χ1n) is 5.93. The van der Waals surface area contributed by atoms with E-state index in [0.717, 1.165) is 6.07 Å². The molecule has 1 aromatic rings. The molecule has 3 N–H and O–H groups in total. The molecule has 0 fully saturated rings. The topological polar surface area (TPSA) is 82.2 Å². The van der Waals surface area contributed by atoms with E-state index in [4.69, 9.17) is 11.0 Å². The highest BCUT2D eigenvalue weighted by Gasteiger charge is 2.07. The SMILES string of the molecule is CN(CCC#N)CCC(=O)Nc1ccc(F)cc1N. The fourth-order valence-electron chi connectivity index (χ4n) is 1.51. The van der Waals surface area contributed by atoms with Crippen molar-refractivity contribution in [1.82, 2.24) is 4.90 Å². The molecule has 0 heterocycles. The van der Waals surface area contributed by atoms with Gasteiger partial charge in [-0.3, -0.25) is 4.79 Å². The van der Waals surface area contributed by atoms with Crippen LogP contribution in [-0.4, -0.2) is 30.9 Å². The fraction of sp³-hybridized carbons (Fsp3) is 0.385. The summed E-state index contributed by atoms with van der Waals surface area (Å²) in [6.45, 7) is 1.18. The molecule has 0 aliphatic rings. The number of anilines is 2. The normalized spacial score (nSPS) is 10.2. The van der Waals surface area contributed by atoms with Gasteiger partial charge in [0.2, 0.25) is 5.91 Å². The Morgan fingerprint density at radius 2 is 2.26 bits per heavy atom. The molecule has 102 valence electrons. The second-order valence-corrected chi connectivity index (χ2v) is 4.24. The van der Waals surface area contributed by atoms with E-state index in [2.05, 4.69) is 5.32 Å². The first-order chi connectivity index (χ1) is 9.02. The van der Waals surface area contributed by atoms with Crippen LogP contribution >= 0.6 is 0 Å². The predicted molar refractivity (Wildman–Crippen MR) is 71.8 cm³/mol. The molecule has 0 spiro atoms. The average Bonchev–Trinajstić information content (AvgIpc) is 2.37. The van der Waals surface area contributed by atoms with Gasteiger partial charge in [0.1, 0.15) is 5.82 Å². The van der Waals surface area contributed by atoms with Gasteiger partial charge in [0.05, 0.1) is 17.4 Å². The fourth-order valence-corrected chi connectivity index (χ4v) is 1.51. The van der Waals surface area contributed by atoms with Crippen LogP contribution in [0.25, 0.3) is 0 Å². The number of rotatable bonds is 6. The van der Waals surface area contributed by atoms with Crippen LogP contribution in [0.3, 0.4) is 0 Å². The zero-order valence-corrected chi connectivity index (χ0v) is 10.8. The largest absolute Gasteiger partial charge is 0.397 e. The summed E-state index contributed by atoms with van der Waals surface area (Å²) >= 11 is 0. The first kappa shape index (κ1) is 14.9. The Kier molecular flexibility index (Phi) is 5.76. The Morgan fingerprint density at radius 1 is 1.53 bits per heavy atom. The van der Waals surface area contributed by atoms with Crippen LogP contribution < -0.4 is 11.1 Å². The minimum Gasteiger partial charge on any atom is -0.397 e. The number of nitrogens with zero attached hydrogens (tertiary/aromatic N) is 2. The Morgan fingerprint density at radius 3 is 2.89 bits per heavy atom. The number of carbonyl (C=O) groups excluding carboxylic acids is 1. The number of amides is 1. The lowest BCUT2D eigenvalue weighted by molar-refractivity contribution is -0.116. The summed E-state index contributed by atoms with van der Waals surface area (Å²) in [5, 5.41) is 11.1. The third kappa shape index (κ3) is 5.36. The van der Waals surface area contributed by atoms with Crippen molar-refractivity contribution < 1.29 is 9.18 Å². The third-order valence-corrected chi connectivity index (χ3v) is 2.61. The van der Waals surface area contributed by atoms with Crippen molar-refractivity contribution in [1.29, 1.82) is 5.26 Å². The van der Waals surface area contributed by atoms with Gasteiger partial charge >= 0.3 is 0 Å². The van der Waals surface area contributed by atoms with Crippen molar-refractivity contribution in [2.24, 2.45) is 0 Å². The minimum atomic E-state index is -0.438. The molecule has 0 radical (unpaired) electrons. The van der Waals surface area contributed by atoms with E-state index < -0.39 is 5.82 Å². The highest BCUT2D eigenvalue weighted by molar-refractivity contribution is 5.93. The zero-order chi connectivity index (χ0) is 14.3. The molecular weight excluding hydrogens is 247 g/mol. The van der Waals surface area contributed by atoms with Crippen LogP contribution in [0.15, 0.2) is 18.2 Å². The molecule has 1 aromatic carbocycles. The molecule has 0 saturated carbocycles. The second kappa shape index (κ2) is 7.34. The summed E-state index contributed by atoms with van der Waals surface area (Å²) in [7, 11) is 1.84. The van der Waals surface area contributed by atoms with E-state index in [9.17, 15) is 9.18 Å². The minimum absolute atomic E-state index is 0.192. The van der Waals surface area contributed by atoms with E-state index in [1.807, 2.05) is 18.0 Å². The monoisotopic (exact) mass is 264 g/mol. The molecule has 19 heavy (non-hydrogen) atoms. The highest BCUT2D eigenvalue weighted by atomic mass is 19.1. The molecule has 0 aliphatic heterocycles. The van der Waals surface area contributed by atoms with Crippen LogP contribution in [0.2, 0.25) is 0 Å². The average molecular weight is 264 g/mol. The van der Waals surface area contributed by atoms with E-state index in [1.54, 1.807) is 0 Å². The molecule has 0 bridgehead atoms. The molecule has 5 nitrogen and oxygen atoms in total. The van der Waals surface area contributed by atoms with Gasteiger partial charge in [-0.1, -0.05) is 0 Å². The smallest absolute Gasteiger partial charge is 0.225 e. The maximum atomic E-state index is 12.8. The third-order valence-electron chi connectivity index (χ3n) is 2.61. The number of nitriles is 1. The van der Waals surface area contributed by atoms with E-state index in [1.165, 1.54) is 12.1 Å². The molecule has 6 heteroatoms. The summed E-state index contributed by atoms with van der Waals surface area (Å²) in [6, 6.07) is 5.88. The highest BCUT2D eigenvalue weighted by Crippen LogP contribution is 2.19. The molecular formula is C13H17FN4O. The van der Waals surface area contributed by atoms with Crippen molar-refractivity contribution >= 4 is 17.3 Å². The van der Waals surface area contributed by atoms with Crippen molar-refractivity contribution in [2.75, 3.05) is 31.2 Å². The molecule has 0 atom stereocenters. The van der Waals surface area contributed by atoms with Gasteiger partial charge in [-0.05, 0) is 25.2 Å². The molecule has 0 saturated heterocycles. The van der Waals surface area contributed by atoms with Crippen LogP contribution in [0.5, 0.6) is 0 Å². The number of nitrogens with two attached hydrogens (primary N) is 1. The molecule has 0 aromatic heterocycles. The summed E-state index contributed by atoms with van der Waals surface area (Å²) in [5.41, 5.74) is 6.20. The molecule has 0 unspecified atom stereocenters. The van der Waals surface area contributed by atoms with Gasteiger partial charge < -0.3 is 16.0 Å². The number of carbonyl (C=O) groups is 1. The summed E-state index contributed by atoms with van der Waals surface area (Å²) in [5.74, 6) is -0.631. The lowest BCUT2D eigenvalue weighted by atomic mass is 10.2. The zero-order valence-electron chi connectivity index (χ0n) is 10.8. The maximum Gasteiger partial charge on any atom is 0.225 e. The van der Waals surface area contributed by atoms with Crippen LogP contribution in [0.1, 0.15) is 12.8 Å². The number of nitrogen functional groups attached to an aromatic ring is 1. The summed E-state index contributed by atoms with van der Waals surface area (Å²) in [4.78, 5) is 13.6. The molecule has 1 rings (SSSR count). The second-order valence-electron chi connectivity index (χ2n) is 4.24. The predicted octanol–water partition coefficient (Wildman–Crippen LogP) is 1.58. The number of halogens is 1. The number of benzene rings is 1. The van der Waals surface area contributed by atoms with E-state index in [-0.39, 0.29) is 11.6 Å². The standard InChI is InChI=1S/C13H17FN4O/c1-18(7-2-6-15)8-5-13(19)17-12-4-3-10(14)9-11(12)16/h3-4,9H,2,5,7-8,16H2,1H3,(H,17,19). The van der Waals surface area contributed by atoms with Gasteiger partial charge in [-0.2, -0.15) is 5.26 Å². The Hall–Kier alpha value is -2.13. The summed E-state index contributed by atoms with van der Waals surface area (Å²) < 4.78 is 12.8. The van der Waals surface area contributed by atoms with Crippen molar-refractivity contribution in [2.45, 2.75) is 12.8 Å². The number of hydrogen-bond acceptors (Lipinski definition) is 4. The van der Waals surface area contributed by atoms with E-state index >= 15 is 0 Å². The lowest BCUT2D eigenvalue weighted by Gasteiger charge is -2.14. The van der Waals surface area contributed by atoms with Crippen LogP contribution in [0, 0.1) is 17.1 Å². The van der Waals surface area contributed by atoms with Crippen molar-refractivity contribution in [3.8, 4) is 6.07 Å². The quantitative estimate of drug-likeness (QED) is 0.764. The molecule has 1 amide bonds. The van der Waals surface area contributed by atoms with Gasteiger partial charge in [0.25, 0.3) is 0 Å². The van der Waals surface area contributed by atoms with Gasteiger partial charge in [0, 0.05) is 25.9 Å². The Balaban J connectivity index is 2.41. The Labute approximate surface area is 111 Å². The Bertz CT molecular complexity index is 484. The molecule has 0 aliphatic carbocycles. The van der Waals surface area contributed by atoms with E-state index in [0.29, 0.717) is 31.6 Å². The lowest BCUT2D eigenvalue weighted by Crippen LogP contribution is -2.25.